The molecule has 0 spiro atoms. The summed E-state index contributed by atoms with van der Waals surface area (Å²) in [5.74, 6) is -0.218. The molecule has 0 unspecified atom stereocenters. The largest absolute Gasteiger partial charge is 0.324 e. The number of sulfone groups is 1. The van der Waals surface area contributed by atoms with Gasteiger partial charge in [0.15, 0.2) is 9.84 Å². The first-order valence-electron chi connectivity index (χ1n) is 9.10. The second-order valence-corrected chi connectivity index (χ2v) is 10.0. The lowest BCUT2D eigenvalue weighted by Gasteiger charge is -2.22. The highest BCUT2D eigenvalue weighted by Crippen LogP contribution is 2.36. The van der Waals surface area contributed by atoms with Crippen LogP contribution in [0.4, 0.5) is 5.69 Å². The number of thiazole rings is 1. The molecule has 0 saturated carbocycles. The van der Waals surface area contributed by atoms with E-state index in [1.807, 2.05) is 18.2 Å². The molecule has 0 radical (unpaired) electrons. The molecule has 1 fully saturated rings. The first-order valence-corrected chi connectivity index (χ1v) is 11.8. The highest BCUT2D eigenvalue weighted by molar-refractivity contribution is 7.90. The summed E-state index contributed by atoms with van der Waals surface area (Å²) in [6.07, 6.45) is 3.11. The van der Waals surface area contributed by atoms with Crippen LogP contribution in [0.2, 0.25) is 0 Å². The van der Waals surface area contributed by atoms with E-state index >= 15 is 0 Å². The Bertz CT molecular complexity index is 1090. The Balaban J connectivity index is 1.50. The highest BCUT2D eigenvalue weighted by atomic mass is 32.2. The number of para-hydroxylation sites is 2. The van der Waals surface area contributed by atoms with Crippen LogP contribution in [0.5, 0.6) is 0 Å². The number of amides is 1. The standard InChI is InChI=1S/C20H21N3O3S2/c1-28(25,26)18-11-5-3-8-15(18)21-19(24)13-23-12-6-9-16(23)20-22-14-7-2-4-10-17(14)27-20/h2-5,7-8,10-11,16H,6,9,12-13H2,1H3,(H,21,24)/t16-/m0/s1. The topological polar surface area (TPSA) is 79.4 Å². The van der Waals surface area contributed by atoms with Gasteiger partial charge < -0.3 is 5.32 Å². The molecule has 146 valence electrons. The average molecular weight is 416 g/mol. The summed E-state index contributed by atoms with van der Waals surface area (Å²) >= 11 is 1.67. The van der Waals surface area contributed by atoms with Crippen LogP contribution in [-0.4, -0.2) is 43.6 Å². The van der Waals surface area contributed by atoms with Crippen molar-refractivity contribution >= 4 is 43.0 Å². The van der Waals surface area contributed by atoms with Crippen molar-refractivity contribution in [2.75, 3.05) is 24.7 Å². The Hall–Kier alpha value is -2.29. The van der Waals surface area contributed by atoms with E-state index in [1.54, 1.807) is 29.5 Å². The third-order valence-electron chi connectivity index (χ3n) is 4.87. The van der Waals surface area contributed by atoms with Gasteiger partial charge in [0.2, 0.25) is 5.91 Å². The SMILES string of the molecule is CS(=O)(=O)c1ccccc1NC(=O)CN1CCC[C@H]1c1nc2ccccc2s1. The maximum absolute atomic E-state index is 12.6. The fourth-order valence-electron chi connectivity index (χ4n) is 3.60. The van der Waals surface area contributed by atoms with Crippen molar-refractivity contribution in [2.45, 2.75) is 23.8 Å². The van der Waals surface area contributed by atoms with Crippen LogP contribution < -0.4 is 5.32 Å². The third-order valence-corrected chi connectivity index (χ3v) is 7.16. The average Bonchev–Trinajstić information content (AvgIpc) is 3.27. The Morgan fingerprint density at radius 2 is 1.96 bits per heavy atom. The summed E-state index contributed by atoms with van der Waals surface area (Å²) in [5.41, 5.74) is 1.31. The molecule has 2 aromatic carbocycles. The van der Waals surface area contributed by atoms with Crippen LogP contribution in [0.1, 0.15) is 23.9 Å². The lowest BCUT2D eigenvalue weighted by molar-refractivity contribution is -0.117. The molecule has 8 heteroatoms. The minimum atomic E-state index is -3.41. The predicted octanol–water partition coefficient (Wildman–Crippen LogP) is 3.48. The number of likely N-dealkylation sites (tertiary alicyclic amines) is 1. The quantitative estimate of drug-likeness (QED) is 0.690. The number of carbonyl (C=O) groups excluding carboxylic acids is 1. The zero-order valence-corrected chi connectivity index (χ0v) is 17.1. The smallest absolute Gasteiger partial charge is 0.238 e. The van der Waals surface area contributed by atoms with Gasteiger partial charge in [0.05, 0.1) is 33.4 Å². The second-order valence-electron chi connectivity index (χ2n) is 6.96. The molecule has 6 nitrogen and oxygen atoms in total. The first kappa shape index (κ1) is 19.0. The van der Waals surface area contributed by atoms with Crippen molar-refractivity contribution in [1.82, 2.24) is 9.88 Å². The molecule has 0 bridgehead atoms. The van der Waals surface area contributed by atoms with Gasteiger partial charge in [0.25, 0.3) is 0 Å². The van der Waals surface area contributed by atoms with Crippen molar-refractivity contribution < 1.29 is 13.2 Å². The predicted molar refractivity (Wildman–Crippen MR) is 111 cm³/mol. The number of carbonyl (C=O) groups is 1. The van der Waals surface area contributed by atoms with E-state index in [9.17, 15) is 13.2 Å². The summed E-state index contributed by atoms with van der Waals surface area (Å²) < 4.78 is 25.0. The van der Waals surface area contributed by atoms with Crippen molar-refractivity contribution in [3.63, 3.8) is 0 Å². The van der Waals surface area contributed by atoms with Gasteiger partial charge in [0.1, 0.15) is 5.01 Å². The Morgan fingerprint density at radius 1 is 1.21 bits per heavy atom. The first-order chi connectivity index (χ1) is 13.4. The molecule has 4 rings (SSSR count). The molecule has 1 atom stereocenters. The number of nitrogens with zero attached hydrogens (tertiary/aromatic N) is 2. The molecule has 1 aliphatic rings. The van der Waals surface area contributed by atoms with Crippen LogP contribution in [0.3, 0.4) is 0 Å². The van der Waals surface area contributed by atoms with Crippen LogP contribution in [0, 0.1) is 0 Å². The minimum Gasteiger partial charge on any atom is -0.324 e. The van der Waals surface area contributed by atoms with Crippen molar-refractivity contribution in [3.8, 4) is 0 Å². The number of hydrogen-bond acceptors (Lipinski definition) is 6. The van der Waals surface area contributed by atoms with Crippen LogP contribution in [-0.2, 0) is 14.6 Å². The van der Waals surface area contributed by atoms with Gasteiger partial charge in [-0.1, -0.05) is 24.3 Å². The van der Waals surface area contributed by atoms with E-state index < -0.39 is 9.84 Å². The number of rotatable bonds is 5. The maximum Gasteiger partial charge on any atom is 0.238 e. The molecule has 2 heterocycles. The monoisotopic (exact) mass is 415 g/mol. The minimum absolute atomic E-state index is 0.119. The van der Waals surface area contributed by atoms with Gasteiger partial charge in [0, 0.05) is 6.26 Å². The lowest BCUT2D eigenvalue weighted by Crippen LogP contribution is -2.33. The molecular weight excluding hydrogens is 394 g/mol. The van der Waals surface area contributed by atoms with Crippen LogP contribution in [0.15, 0.2) is 53.4 Å². The second kappa shape index (κ2) is 7.62. The highest BCUT2D eigenvalue weighted by Gasteiger charge is 2.30. The summed E-state index contributed by atoms with van der Waals surface area (Å²) in [4.78, 5) is 19.6. The lowest BCUT2D eigenvalue weighted by atomic mass is 10.2. The molecule has 1 amide bonds. The molecule has 0 aliphatic carbocycles. The molecule has 1 aliphatic heterocycles. The van der Waals surface area contributed by atoms with Crippen molar-refractivity contribution in [2.24, 2.45) is 0 Å². The Kier molecular flexibility index (Phi) is 5.18. The maximum atomic E-state index is 12.6. The fraction of sp³-hybridized carbons (Fsp3) is 0.300. The number of benzene rings is 2. The number of anilines is 1. The molecule has 1 aromatic heterocycles. The van der Waals surface area contributed by atoms with Crippen molar-refractivity contribution in [3.05, 3.63) is 53.5 Å². The summed E-state index contributed by atoms with van der Waals surface area (Å²) in [6, 6.07) is 14.6. The van der Waals surface area contributed by atoms with Gasteiger partial charge in [-0.05, 0) is 43.7 Å². The van der Waals surface area contributed by atoms with E-state index in [0.717, 1.165) is 40.9 Å². The van der Waals surface area contributed by atoms with Gasteiger partial charge in [-0.15, -0.1) is 11.3 Å². The third kappa shape index (κ3) is 3.94. The van der Waals surface area contributed by atoms with Crippen molar-refractivity contribution in [1.29, 1.82) is 0 Å². The van der Waals surface area contributed by atoms with Crippen LogP contribution in [0.25, 0.3) is 10.2 Å². The van der Waals surface area contributed by atoms with Gasteiger partial charge in [-0.3, -0.25) is 9.69 Å². The summed E-state index contributed by atoms with van der Waals surface area (Å²) in [6.45, 7) is 1.03. The molecular formula is C20H21N3O3S2. The number of aromatic nitrogens is 1. The van der Waals surface area contributed by atoms with E-state index in [4.69, 9.17) is 4.98 Å². The summed E-state index contributed by atoms with van der Waals surface area (Å²) in [7, 11) is -3.41. The van der Waals surface area contributed by atoms with E-state index in [1.165, 1.54) is 6.07 Å². The van der Waals surface area contributed by atoms with Crippen LogP contribution >= 0.6 is 11.3 Å². The molecule has 28 heavy (non-hydrogen) atoms. The van der Waals surface area contributed by atoms with E-state index in [-0.39, 0.29) is 23.4 Å². The summed E-state index contributed by atoms with van der Waals surface area (Å²) in [5, 5.41) is 3.80. The number of fused-ring (bicyclic) bond motifs is 1. The Labute approximate surface area is 168 Å². The van der Waals surface area contributed by atoms with Gasteiger partial charge in [-0.25, -0.2) is 13.4 Å². The van der Waals surface area contributed by atoms with Gasteiger partial charge in [-0.2, -0.15) is 0 Å². The number of hydrogen-bond donors (Lipinski definition) is 1. The van der Waals surface area contributed by atoms with E-state index in [2.05, 4.69) is 16.3 Å². The van der Waals surface area contributed by atoms with Gasteiger partial charge >= 0.3 is 0 Å². The zero-order valence-electron chi connectivity index (χ0n) is 15.5. The molecule has 1 saturated heterocycles. The normalized spacial score (nSPS) is 17.8. The van der Waals surface area contributed by atoms with E-state index in [0.29, 0.717) is 5.69 Å². The zero-order chi connectivity index (χ0) is 19.7. The number of nitrogens with one attached hydrogen (secondary N) is 1. The fourth-order valence-corrected chi connectivity index (χ4v) is 5.58. The molecule has 1 N–H and O–H groups in total. The Morgan fingerprint density at radius 3 is 2.75 bits per heavy atom. The molecule has 3 aromatic rings.